The molecule has 4 heteroatoms. The third-order valence-electron chi connectivity index (χ3n) is 3.72. The van der Waals surface area contributed by atoms with Crippen LogP contribution in [0.2, 0.25) is 0 Å². The van der Waals surface area contributed by atoms with E-state index in [1.54, 1.807) is 11.8 Å². The Hall–Kier alpha value is -1.16. The number of benzene rings is 1. The smallest absolute Gasteiger partial charge is 0.221 e. The Morgan fingerprint density at radius 3 is 2.80 bits per heavy atom. The number of nitrogens with one attached hydrogen (secondary N) is 1. The molecule has 1 aromatic rings. The van der Waals surface area contributed by atoms with Crippen molar-refractivity contribution in [2.45, 2.75) is 56.4 Å². The predicted molar refractivity (Wildman–Crippen MR) is 85.9 cm³/mol. The summed E-state index contributed by atoms with van der Waals surface area (Å²) in [5.74, 6) is 0.960. The van der Waals surface area contributed by atoms with Gasteiger partial charge in [-0.3, -0.25) is 4.79 Å². The van der Waals surface area contributed by atoms with E-state index in [4.69, 9.17) is 5.73 Å². The minimum absolute atomic E-state index is 0.176. The van der Waals surface area contributed by atoms with Crippen molar-refractivity contribution in [2.75, 3.05) is 11.5 Å². The molecule has 1 amide bonds. The van der Waals surface area contributed by atoms with Crippen molar-refractivity contribution in [3.05, 3.63) is 23.8 Å². The number of nitrogens with two attached hydrogens (primary N) is 1. The zero-order valence-electron chi connectivity index (χ0n) is 12.2. The average Bonchev–Trinajstić information content (AvgIpc) is 2.42. The van der Waals surface area contributed by atoms with Crippen molar-refractivity contribution >= 4 is 23.4 Å². The molecule has 0 bridgehead atoms. The number of carbonyl (C=O) groups excluding carboxylic acids is 1. The molecule has 1 aromatic carbocycles. The Morgan fingerprint density at radius 2 is 2.10 bits per heavy atom. The Bertz CT molecular complexity index is 456. The summed E-state index contributed by atoms with van der Waals surface area (Å²) in [4.78, 5) is 13.0. The topological polar surface area (TPSA) is 55.1 Å². The number of anilines is 1. The third kappa shape index (κ3) is 4.75. The van der Waals surface area contributed by atoms with Gasteiger partial charge in [-0.25, -0.2) is 0 Å². The van der Waals surface area contributed by atoms with Crippen LogP contribution in [0.5, 0.6) is 0 Å². The lowest BCUT2D eigenvalue weighted by Gasteiger charge is -2.22. The highest BCUT2D eigenvalue weighted by atomic mass is 32.2. The van der Waals surface area contributed by atoms with Crippen LogP contribution in [-0.4, -0.2) is 17.7 Å². The van der Waals surface area contributed by atoms with E-state index in [-0.39, 0.29) is 5.91 Å². The molecule has 0 saturated heterocycles. The first-order valence-corrected chi connectivity index (χ1v) is 8.42. The number of nitrogen functional groups attached to an aromatic ring is 1. The molecule has 0 aromatic heterocycles. The highest BCUT2D eigenvalue weighted by Crippen LogP contribution is 2.26. The van der Waals surface area contributed by atoms with Crippen molar-refractivity contribution in [3.63, 3.8) is 0 Å². The van der Waals surface area contributed by atoms with E-state index >= 15 is 0 Å². The molecule has 0 heterocycles. The van der Waals surface area contributed by atoms with Crippen LogP contribution < -0.4 is 11.1 Å². The van der Waals surface area contributed by atoms with Crippen LogP contribution in [0.4, 0.5) is 5.69 Å². The number of hydrogen-bond acceptors (Lipinski definition) is 3. The minimum atomic E-state index is 0.176. The molecule has 2 rings (SSSR count). The molecule has 1 saturated carbocycles. The maximum atomic E-state index is 11.9. The first-order chi connectivity index (χ1) is 9.65. The Balaban J connectivity index is 1.70. The molecule has 1 fully saturated rings. The van der Waals surface area contributed by atoms with Gasteiger partial charge in [0.05, 0.1) is 0 Å². The fraction of sp³-hybridized carbons (Fsp3) is 0.562. The van der Waals surface area contributed by atoms with Gasteiger partial charge in [-0.15, -0.1) is 11.8 Å². The van der Waals surface area contributed by atoms with Crippen LogP contribution >= 0.6 is 11.8 Å². The van der Waals surface area contributed by atoms with Gasteiger partial charge in [0.2, 0.25) is 5.91 Å². The van der Waals surface area contributed by atoms with Crippen molar-refractivity contribution in [1.82, 2.24) is 5.32 Å². The molecular formula is C16H24N2OS. The molecule has 0 atom stereocenters. The molecule has 3 nitrogen and oxygen atoms in total. The third-order valence-corrected chi connectivity index (χ3v) is 4.81. The van der Waals surface area contributed by atoms with E-state index in [1.807, 2.05) is 19.1 Å². The second kappa shape index (κ2) is 7.58. The first kappa shape index (κ1) is 15.2. The van der Waals surface area contributed by atoms with Crippen LogP contribution in [0.15, 0.2) is 23.1 Å². The van der Waals surface area contributed by atoms with Gasteiger partial charge in [0, 0.05) is 28.8 Å². The maximum absolute atomic E-state index is 11.9. The van der Waals surface area contributed by atoms with Gasteiger partial charge in [0.15, 0.2) is 0 Å². The number of aryl methyl sites for hydroxylation is 1. The SMILES string of the molecule is Cc1ccc(SCCC(=O)NC2CCCCC2)c(N)c1. The molecule has 1 aliphatic rings. The molecule has 0 spiro atoms. The number of hydrogen-bond donors (Lipinski definition) is 2. The van der Waals surface area contributed by atoms with E-state index in [9.17, 15) is 4.79 Å². The van der Waals surface area contributed by atoms with Crippen LogP contribution in [0.1, 0.15) is 44.1 Å². The highest BCUT2D eigenvalue weighted by Gasteiger charge is 2.15. The van der Waals surface area contributed by atoms with Gasteiger partial charge in [-0.05, 0) is 37.5 Å². The van der Waals surface area contributed by atoms with Crippen molar-refractivity contribution in [3.8, 4) is 0 Å². The summed E-state index contributed by atoms with van der Waals surface area (Å²) < 4.78 is 0. The summed E-state index contributed by atoms with van der Waals surface area (Å²) in [5.41, 5.74) is 7.94. The van der Waals surface area contributed by atoms with Gasteiger partial charge in [0.25, 0.3) is 0 Å². The van der Waals surface area contributed by atoms with Gasteiger partial charge in [-0.2, -0.15) is 0 Å². The van der Waals surface area contributed by atoms with E-state index in [1.165, 1.54) is 24.8 Å². The average molecular weight is 292 g/mol. The van der Waals surface area contributed by atoms with Crippen LogP contribution in [0.25, 0.3) is 0 Å². The molecule has 110 valence electrons. The number of carbonyl (C=O) groups is 1. The lowest BCUT2D eigenvalue weighted by atomic mass is 9.95. The van der Waals surface area contributed by atoms with Crippen molar-refractivity contribution < 1.29 is 4.79 Å². The van der Waals surface area contributed by atoms with E-state index in [2.05, 4.69) is 11.4 Å². The number of thioether (sulfide) groups is 1. The first-order valence-electron chi connectivity index (χ1n) is 7.43. The fourth-order valence-corrected chi connectivity index (χ4v) is 3.50. The summed E-state index contributed by atoms with van der Waals surface area (Å²) in [7, 11) is 0. The van der Waals surface area contributed by atoms with Crippen molar-refractivity contribution in [1.29, 1.82) is 0 Å². The Morgan fingerprint density at radius 1 is 1.35 bits per heavy atom. The molecule has 20 heavy (non-hydrogen) atoms. The Labute approximate surface area is 125 Å². The standard InChI is InChI=1S/C16H24N2OS/c1-12-7-8-15(14(17)11-12)20-10-9-16(19)18-13-5-3-2-4-6-13/h7-8,11,13H,2-6,9-10,17H2,1H3,(H,18,19). The lowest BCUT2D eigenvalue weighted by molar-refractivity contribution is -0.121. The summed E-state index contributed by atoms with van der Waals surface area (Å²) in [5, 5.41) is 3.15. The van der Waals surface area contributed by atoms with E-state index < -0.39 is 0 Å². The number of rotatable bonds is 5. The quantitative estimate of drug-likeness (QED) is 0.645. The van der Waals surface area contributed by atoms with Gasteiger partial charge < -0.3 is 11.1 Å². The second-order valence-corrected chi connectivity index (χ2v) is 6.68. The summed E-state index contributed by atoms with van der Waals surface area (Å²) >= 11 is 1.66. The van der Waals surface area contributed by atoms with Gasteiger partial charge in [-0.1, -0.05) is 25.3 Å². The maximum Gasteiger partial charge on any atom is 0.221 e. The van der Waals surface area contributed by atoms with Crippen LogP contribution in [-0.2, 0) is 4.79 Å². The van der Waals surface area contributed by atoms with Crippen molar-refractivity contribution in [2.24, 2.45) is 0 Å². The largest absolute Gasteiger partial charge is 0.398 e. The fourth-order valence-electron chi connectivity index (χ4n) is 2.60. The van der Waals surface area contributed by atoms with E-state index in [0.29, 0.717) is 12.5 Å². The molecule has 3 N–H and O–H groups in total. The van der Waals surface area contributed by atoms with Crippen LogP contribution in [0.3, 0.4) is 0 Å². The predicted octanol–water partition coefficient (Wildman–Crippen LogP) is 3.51. The zero-order chi connectivity index (χ0) is 14.4. The summed E-state index contributed by atoms with van der Waals surface area (Å²) in [6, 6.07) is 6.48. The molecule has 0 aliphatic heterocycles. The normalized spacial score (nSPS) is 16.1. The monoisotopic (exact) mass is 292 g/mol. The Kier molecular flexibility index (Phi) is 5.77. The molecule has 0 unspecified atom stereocenters. The lowest BCUT2D eigenvalue weighted by Crippen LogP contribution is -2.36. The van der Waals surface area contributed by atoms with Gasteiger partial charge in [0.1, 0.15) is 0 Å². The zero-order valence-corrected chi connectivity index (χ0v) is 13.0. The number of amides is 1. The van der Waals surface area contributed by atoms with Gasteiger partial charge >= 0.3 is 0 Å². The minimum Gasteiger partial charge on any atom is -0.398 e. The highest BCUT2D eigenvalue weighted by molar-refractivity contribution is 7.99. The summed E-state index contributed by atoms with van der Waals surface area (Å²) in [6.45, 7) is 2.03. The molecule has 1 aliphatic carbocycles. The van der Waals surface area contributed by atoms with Crippen LogP contribution in [0, 0.1) is 6.92 Å². The molecular weight excluding hydrogens is 268 g/mol. The molecule has 0 radical (unpaired) electrons. The summed E-state index contributed by atoms with van der Waals surface area (Å²) in [6.07, 6.45) is 6.66. The van der Waals surface area contributed by atoms with E-state index in [0.717, 1.165) is 29.2 Å². The second-order valence-electron chi connectivity index (χ2n) is 5.54.